The minimum atomic E-state index is -1.16. The summed E-state index contributed by atoms with van der Waals surface area (Å²) in [6.45, 7) is -0.282. The number of carboxylic acid groups (broad SMARTS) is 1. The summed E-state index contributed by atoms with van der Waals surface area (Å²) in [5, 5.41) is 11.0. The van der Waals surface area contributed by atoms with E-state index >= 15 is 0 Å². The molecule has 0 bridgehead atoms. The monoisotopic (exact) mass is 281 g/mol. The fourth-order valence-electron chi connectivity index (χ4n) is 1.33. The predicted molar refractivity (Wildman–Crippen MR) is 70.0 cm³/mol. The van der Waals surface area contributed by atoms with Gasteiger partial charge in [-0.15, -0.1) is 0 Å². The average molecular weight is 281 g/mol. The predicted octanol–water partition coefficient (Wildman–Crippen LogP) is -0.709. The van der Waals surface area contributed by atoms with E-state index in [0.29, 0.717) is 11.4 Å². The molecule has 0 saturated carbocycles. The van der Waals surface area contributed by atoms with Crippen molar-refractivity contribution in [1.82, 2.24) is 0 Å². The van der Waals surface area contributed by atoms with Crippen molar-refractivity contribution < 1.29 is 24.2 Å². The second-order valence-corrected chi connectivity index (χ2v) is 3.98. The van der Waals surface area contributed by atoms with E-state index in [-0.39, 0.29) is 6.61 Å². The topological polar surface area (TPSA) is 145 Å². The van der Waals surface area contributed by atoms with Gasteiger partial charge in [0.15, 0.2) is 6.61 Å². The molecule has 0 heterocycles. The molecule has 6 N–H and O–H groups in total. The summed E-state index contributed by atoms with van der Waals surface area (Å²) < 4.78 is 5.06. The van der Waals surface area contributed by atoms with Crippen LogP contribution >= 0.6 is 0 Å². The number of nitrogens with two attached hydrogens (primary N) is 2. The fraction of sp³-hybridized carbons (Fsp3) is 0.250. The van der Waals surface area contributed by atoms with Gasteiger partial charge >= 0.3 is 5.97 Å². The number of carboxylic acids is 1. The van der Waals surface area contributed by atoms with E-state index in [9.17, 15) is 14.4 Å². The third kappa shape index (κ3) is 5.36. The molecule has 0 aromatic heterocycles. The summed E-state index contributed by atoms with van der Waals surface area (Å²) in [6, 6.07) is 5.06. The lowest BCUT2D eigenvalue weighted by molar-refractivity contribution is -0.138. The van der Waals surface area contributed by atoms with Gasteiger partial charge in [-0.05, 0) is 12.1 Å². The van der Waals surface area contributed by atoms with Gasteiger partial charge in [0.25, 0.3) is 5.91 Å². The van der Waals surface area contributed by atoms with Gasteiger partial charge in [-0.3, -0.25) is 14.4 Å². The van der Waals surface area contributed by atoms with Crippen LogP contribution in [0.15, 0.2) is 24.3 Å². The SMILES string of the molecule is NC(=O)COc1cccc(NC(=O)C(N)CC(=O)O)c1. The zero-order valence-corrected chi connectivity index (χ0v) is 10.5. The molecule has 1 aromatic carbocycles. The quantitative estimate of drug-likeness (QED) is 0.519. The van der Waals surface area contributed by atoms with Crippen LogP contribution in [0.5, 0.6) is 5.75 Å². The number of carbonyl (C=O) groups excluding carboxylic acids is 2. The molecule has 0 radical (unpaired) electrons. The Balaban J connectivity index is 2.63. The van der Waals surface area contributed by atoms with Crippen molar-refractivity contribution in [2.45, 2.75) is 12.5 Å². The van der Waals surface area contributed by atoms with E-state index in [1.807, 2.05) is 0 Å². The minimum absolute atomic E-state index is 0.282. The Morgan fingerprint density at radius 3 is 2.65 bits per heavy atom. The Morgan fingerprint density at radius 2 is 2.05 bits per heavy atom. The second-order valence-electron chi connectivity index (χ2n) is 3.98. The van der Waals surface area contributed by atoms with Crippen molar-refractivity contribution in [3.8, 4) is 5.75 Å². The first kappa shape index (κ1) is 15.4. The third-order valence-electron chi connectivity index (χ3n) is 2.21. The normalized spacial score (nSPS) is 11.4. The molecule has 0 aliphatic rings. The fourth-order valence-corrected chi connectivity index (χ4v) is 1.33. The summed E-state index contributed by atoms with van der Waals surface area (Å²) in [6.07, 6.45) is -0.469. The summed E-state index contributed by atoms with van der Waals surface area (Å²) in [5.41, 5.74) is 10.7. The van der Waals surface area contributed by atoms with E-state index in [1.54, 1.807) is 18.2 Å². The van der Waals surface area contributed by atoms with Crippen LogP contribution in [0.25, 0.3) is 0 Å². The van der Waals surface area contributed by atoms with Crippen LogP contribution in [-0.2, 0) is 14.4 Å². The van der Waals surface area contributed by atoms with Gasteiger partial charge in [0.2, 0.25) is 5.91 Å². The summed E-state index contributed by atoms with van der Waals surface area (Å²) in [4.78, 5) is 32.6. The van der Waals surface area contributed by atoms with Gasteiger partial charge in [-0.2, -0.15) is 0 Å². The van der Waals surface area contributed by atoms with Crippen LogP contribution in [0.1, 0.15) is 6.42 Å². The number of benzene rings is 1. The molecular weight excluding hydrogens is 266 g/mol. The first-order valence-electron chi connectivity index (χ1n) is 5.68. The molecular formula is C12H15N3O5. The molecule has 1 aromatic rings. The summed E-state index contributed by atoms with van der Waals surface area (Å²) >= 11 is 0. The van der Waals surface area contributed by atoms with Crippen LogP contribution in [0.4, 0.5) is 5.69 Å². The standard InChI is InChI=1S/C12H15N3O5/c13-9(5-11(17)18)12(19)15-7-2-1-3-8(4-7)20-6-10(14)16/h1-4,9H,5-6,13H2,(H2,14,16)(H,15,19)(H,17,18). The number of primary amides is 1. The maximum absolute atomic E-state index is 11.6. The number of anilines is 1. The maximum Gasteiger partial charge on any atom is 0.305 e. The van der Waals surface area contributed by atoms with Crippen LogP contribution in [0.3, 0.4) is 0 Å². The molecule has 20 heavy (non-hydrogen) atoms. The van der Waals surface area contributed by atoms with Crippen LogP contribution in [0, 0.1) is 0 Å². The van der Waals surface area contributed by atoms with Gasteiger partial charge < -0.3 is 26.6 Å². The van der Waals surface area contributed by atoms with Crippen molar-refractivity contribution >= 4 is 23.5 Å². The largest absolute Gasteiger partial charge is 0.484 e. The van der Waals surface area contributed by atoms with Crippen molar-refractivity contribution in [2.75, 3.05) is 11.9 Å². The Hall–Kier alpha value is -2.61. The van der Waals surface area contributed by atoms with E-state index < -0.39 is 30.2 Å². The lowest BCUT2D eigenvalue weighted by Crippen LogP contribution is -2.37. The molecule has 0 saturated heterocycles. The highest BCUT2D eigenvalue weighted by Gasteiger charge is 2.17. The van der Waals surface area contributed by atoms with Crippen LogP contribution < -0.4 is 21.5 Å². The number of amides is 2. The van der Waals surface area contributed by atoms with Gasteiger partial charge in [-0.25, -0.2) is 0 Å². The smallest absolute Gasteiger partial charge is 0.305 e. The third-order valence-corrected chi connectivity index (χ3v) is 2.21. The Morgan fingerprint density at radius 1 is 1.35 bits per heavy atom. The minimum Gasteiger partial charge on any atom is -0.484 e. The molecule has 0 spiro atoms. The highest BCUT2D eigenvalue weighted by atomic mass is 16.5. The first-order valence-corrected chi connectivity index (χ1v) is 5.68. The summed E-state index contributed by atoms with van der Waals surface area (Å²) in [7, 11) is 0. The van der Waals surface area contributed by atoms with E-state index in [1.165, 1.54) is 6.07 Å². The van der Waals surface area contributed by atoms with Crippen LogP contribution in [-0.4, -0.2) is 35.5 Å². The molecule has 8 nitrogen and oxygen atoms in total. The van der Waals surface area contributed by atoms with Gasteiger partial charge in [0.05, 0.1) is 12.5 Å². The molecule has 0 fully saturated rings. The molecule has 0 aliphatic carbocycles. The molecule has 2 amide bonds. The lowest BCUT2D eigenvalue weighted by atomic mass is 10.2. The van der Waals surface area contributed by atoms with Crippen LogP contribution in [0.2, 0.25) is 0 Å². The number of carbonyl (C=O) groups is 3. The molecule has 8 heteroatoms. The van der Waals surface area contributed by atoms with E-state index in [2.05, 4.69) is 5.32 Å². The molecule has 0 aliphatic heterocycles. The first-order chi connectivity index (χ1) is 9.38. The molecule has 1 unspecified atom stereocenters. The number of rotatable bonds is 7. The van der Waals surface area contributed by atoms with Crippen molar-refractivity contribution in [1.29, 1.82) is 0 Å². The lowest BCUT2D eigenvalue weighted by Gasteiger charge is -2.11. The van der Waals surface area contributed by atoms with Crippen molar-refractivity contribution in [3.05, 3.63) is 24.3 Å². The van der Waals surface area contributed by atoms with Gasteiger partial charge in [0.1, 0.15) is 5.75 Å². The van der Waals surface area contributed by atoms with Gasteiger partial charge in [-0.1, -0.05) is 6.07 Å². The second kappa shape index (κ2) is 7.10. The van der Waals surface area contributed by atoms with E-state index in [4.69, 9.17) is 21.3 Å². The van der Waals surface area contributed by atoms with E-state index in [0.717, 1.165) is 0 Å². The van der Waals surface area contributed by atoms with Gasteiger partial charge in [0, 0.05) is 11.8 Å². The maximum atomic E-state index is 11.6. The number of aliphatic carboxylic acids is 1. The Kier molecular flexibility index (Phi) is 5.48. The molecule has 1 atom stereocenters. The number of ether oxygens (including phenoxy) is 1. The van der Waals surface area contributed by atoms with Crippen molar-refractivity contribution in [3.63, 3.8) is 0 Å². The molecule has 108 valence electrons. The zero-order chi connectivity index (χ0) is 15.1. The van der Waals surface area contributed by atoms with Crippen molar-refractivity contribution in [2.24, 2.45) is 11.5 Å². The highest BCUT2D eigenvalue weighted by molar-refractivity contribution is 5.96. The molecule has 1 rings (SSSR count). The zero-order valence-electron chi connectivity index (χ0n) is 10.5. The summed E-state index contributed by atoms with van der Waals surface area (Å²) in [5.74, 6) is -2.07. The Bertz CT molecular complexity index is 518. The highest BCUT2D eigenvalue weighted by Crippen LogP contribution is 2.17. The number of hydrogen-bond acceptors (Lipinski definition) is 5. The number of nitrogens with one attached hydrogen (secondary N) is 1. The number of hydrogen-bond donors (Lipinski definition) is 4. The Labute approximate surface area is 114 Å². The average Bonchev–Trinajstić information content (AvgIpc) is 2.36.